The maximum atomic E-state index is 12.7. The average molecular weight is 344 g/mol. The van der Waals surface area contributed by atoms with Crippen LogP contribution in [0.1, 0.15) is 44.4 Å². The van der Waals surface area contributed by atoms with E-state index >= 15 is 0 Å². The van der Waals surface area contributed by atoms with Gasteiger partial charge in [0.2, 0.25) is 0 Å². The molecule has 1 heterocycles. The number of hydrogen-bond acceptors (Lipinski definition) is 3. The summed E-state index contributed by atoms with van der Waals surface area (Å²) in [5.41, 5.74) is -0.710. The molecule has 0 unspecified atom stereocenters. The summed E-state index contributed by atoms with van der Waals surface area (Å²) in [5.74, 6) is 0. The van der Waals surface area contributed by atoms with E-state index < -0.39 is 29.5 Å². The third-order valence-electron chi connectivity index (χ3n) is 3.72. The number of hydrogen-bond donors (Lipinski definition) is 1. The predicted octanol–water partition coefficient (Wildman–Crippen LogP) is 3.98. The number of carbonyl (C=O) groups excluding carboxylic acids is 1. The van der Waals surface area contributed by atoms with Crippen molar-refractivity contribution in [1.29, 1.82) is 0 Å². The van der Waals surface area contributed by atoms with Crippen LogP contribution in [0.15, 0.2) is 24.3 Å². The third kappa shape index (κ3) is 5.40. The maximum absolute atomic E-state index is 12.7. The zero-order chi connectivity index (χ0) is 18.0. The van der Waals surface area contributed by atoms with Crippen LogP contribution >= 0.6 is 0 Å². The summed E-state index contributed by atoms with van der Waals surface area (Å²) in [5, 5.41) is 2.76. The molecular weight excluding hydrogens is 321 g/mol. The van der Waals surface area contributed by atoms with E-state index in [0.29, 0.717) is 12.1 Å². The maximum Gasteiger partial charge on any atom is 0.416 e. The molecule has 0 bridgehead atoms. The summed E-state index contributed by atoms with van der Waals surface area (Å²) >= 11 is 0. The molecule has 0 spiro atoms. The van der Waals surface area contributed by atoms with Crippen LogP contribution in [-0.4, -0.2) is 36.2 Å². The van der Waals surface area contributed by atoms with E-state index in [-0.39, 0.29) is 0 Å². The van der Waals surface area contributed by atoms with E-state index in [2.05, 4.69) is 10.2 Å². The van der Waals surface area contributed by atoms with Crippen LogP contribution in [0.5, 0.6) is 0 Å². The van der Waals surface area contributed by atoms with Crippen LogP contribution in [0.2, 0.25) is 0 Å². The van der Waals surface area contributed by atoms with E-state index in [1.54, 1.807) is 20.8 Å². The quantitative estimate of drug-likeness (QED) is 0.898. The Morgan fingerprint density at radius 3 is 2.21 bits per heavy atom. The molecule has 0 aromatic heterocycles. The second-order valence-electron chi connectivity index (χ2n) is 6.97. The highest BCUT2D eigenvalue weighted by atomic mass is 19.4. The predicted molar refractivity (Wildman–Crippen MR) is 84.6 cm³/mol. The van der Waals surface area contributed by atoms with E-state index in [4.69, 9.17) is 4.74 Å². The Balaban J connectivity index is 2.11. The number of benzene rings is 1. The minimum absolute atomic E-state index is 0.414. The smallest absolute Gasteiger partial charge is 0.416 e. The molecule has 4 nitrogen and oxygen atoms in total. The lowest BCUT2D eigenvalue weighted by atomic mass is 10.0. The fourth-order valence-electron chi connectivity index (χ4n) is 2.41. The van der Waals surface area contributed by atoms with Gasteiger partial charge in [-0.05, 0) is 58.0 Å². The van der Waals surface area contributed by atoms with Crippen molar-refractivity contribution in [1.82, 2.24) is 10.2 Å². The lowest BCUT2D eigenvalue weighted by molar-refractivity contribution is -0.137. The molecule has 1 aromatic carbocycles. The molecule has 1 atom stereocenters. The highest BCUT2D eigenvalue weighted by molar-refractivity contribution is 5.68. The minimum atomic E-state index is -4.37. The molecule has 0 saturated carbocycles. The standard InChI is InChI=1S/C17H23F3N2O2/c1-16(2,3)24-15(23)21-14(11-22-9-4-10-22)12-5-7-13(8-6-12)17(18,19)20/h5-8,14H,4,9-11H2,1-3H3,(H,21,23)/t14-/m1/s1. The van der Waals surface area contributed by atoms with Gasteiger partial charge in [-0.3, -0.25) is 0 Å². The summed E-state index contributed by atoms with van der Waals surface area (Å²) in [4.78, 5) is 14.2. The normalized spacial score (nSPS) is 17.1. The molecule has 2 rings (SSSR count). The van der Waals surface area contributed by atoms with Gasteiger partial charge in [-0.15, -0.1) is 0 Å². The number of nitrogens with zero attached hydrogens (tertiary/aromatic N) is 1. The number of likely N-dealkylation sites (tertiary alicyclic amines) is 1. The first-order chi connectivity index (χ1) is 11.0. The molecule has 1 saturated heterocycles. The molecule has 7 heteroatoms. The summed E-state index contributed by atoms with van der Waals surface area (Å²) in [6.07, 6.45) is -3.86. The molecule has 24 heavy (non-hydrogen) atoms. The van der Waals surface area contributed by atoms with Crippen molar-refractivity contribution in [3.05, 3.63) is 35.4 Å². The number of halogens is 3. The molecule has 1 aliphatic rings. The van der Waals surface area contributed by atoms with E-state index in [9.17, 15) is 18.0 Å². The highest BCUT2D eigenvalue weighted by Gasteiger charge is 2.31. The van der Waals surface area contributed by atoms with Crippen molar-refractivity contribution >= 4 is 6.09 Å². The van der Waals surface area contributed by atoms with Crippen LogP contribution in [0.3, 0.4) is 0 Å². The van der Waals surface area contributed by atoms with Crippen molar-refractivity contribution < 1.29 is 22.7 Å². The Morgan fingerprint density at radius 1 is 1.21 bits per heavy atom. The topological polar surface area (TPSA) is 41.6 Å². The Morgan fingerprint density at radius 2 is 1.79 bits per heavy atom. The second kappa shape index (κ2) is 7.01. The number of ether oxygens (including phenoxy) is 1. The van der Waals surface area contributed by atoms with Gasteiger partial charge < -0.3 is 15.0 Å². The molecule has 0 aliphatic carbocycles. The number of carbonyl (C=O) groups is 1. The molecule has 0 radical (unpaired) electrons. The van der Waals surface area contributed by atoms with Crippen LogP contribution < -0.4 is 5.32 Å². The van der Waals surface area contributed by atoms with Crippen LogP contribution in [0.25, 0.3) is 0 Å². The first kappa shape index (κ1) is 18.6. The number of nitrogens with one attached hydrogen (secondary N) is 1. The summed E-state index contributed by atoms with van der Waals surface area (Å²) in [6.45, 7) is 7.67. The fraction of sp³-hybridized carbons (Fsp3) is 0.588. The Bertz CT molecular complexity index is 561. The summed E-state index contributed by atoms with van der Waals surface area (Å²) in [7, 11) is 0. The number of alkyl carbamates (subject to hydrolysis) is 1. The molecule has 1 amide bonds. The van der Waals surface area contributed by atoms with Crippen LogP contribution in [0, 0.1) is 0 Å². The van der Waals surface area contributed by atoms with Gasteiger partial charge in [0.25, 0.3) is 0 Å². The van der Waals surface area contributed by atoms with Gasteiger partial charge in [-0.25, -0.2) is 4.79 Å². The Labute approximate surface area is 140 Å². The lowest BCUT2D eigenvalue weighted by Crippen LogP contribution is -2.45. The highest BCUT2D eigenvalue weighted by Crippen LogP contribution is 2.30. The van der Waals surface area contributed by atoms with Crippen molar-refractivity contribution in [2.24, 2.45) is 0 Å². The molecule has 1 fully saturated rings. The zero-order valence-electron chi connectivity index (χ0n) is 14.1. The van der Waals surface area contributed by atoms with Gasteiger partial charge in [0, 0.05) is 6.54 Å². The molecule has 1 aliphatic heterocycles. The van der Waals surface area contributed by atoms with Gasteiger partial charge >= 0.3 is 12.3 Å². The van der Waals surface area contributed by atoms with Crippen molar-refractivity contribution in [3.8, 4) is 0 Å². The summed E-state index contributed by atoms with van der Waals surface area (Å²) in [6, 6.07) is 4.47. The number of rotatable bonds is 4. The number of amides is 1. The zero-order valence-corrected chi connectivity index (χ0v) is 14.1. The van der Waals surface area contributed by atoms with Gasteiger partial charge in [0.1, 0.15) is 5.60 Å². The minimum Gasteiger partial charge on any atom is -0.444 e. The van der Waals surface area contributed by atoms with Gasteiger partial charge in [-0.2, -0.15) is 13.2 Å². The molecule has 1 N–H and O–H groups in total. The monoisotopic (exact) mass is 344 g/mol. The summed E-state index contributed by atoms with van der Waals surface area (Å²) < 4.78 is 43.3. The molecule has 134 valence electrons. The van der Waals surface area contributed by atoms with Gasteiger partial charge in [0.15, 0.2) is 0 Å². The van der Waals surface area contributed by atoms with Crippen molar-refractivity contribution in [3.63, 3.8) is 0 Å². The van der Waals surface area contributed by atoms with Crippen molar-refractivity contribution in [2.75, 3.05) is 19.6 Å². The fourth-order valence-corrected chi connectivity index (χ4v) is 2.41. The van der Waals surface area contributed by atoms with Crippen LogP contribution in [0.4, 0.5) is 18.0 Å². The van der Waals surface area contributed by atoms with Crippen LogP contribution in [-0.2, 0) is 10.9 Å². The van der Waals surface area contributed by atoms with Gasteiger partial charge in [-0.1, -0.05) is 12.1 Å². The second-order valence-corrected chi connectivity index (χ2v) is 6.97. The first-order valence-corrected chi connectivity index (χ1v) is 7.93. The lowest BCUT2D eigenvalue weighted by Gasteiger charge is -2.34. The Kier molecular flexibility index (Phi) is 5.42. The van der Waals surface area contributed by atoms with E-state index in [1.807, 2.05) is 0 Å². The molecule has 1 aromatic rings. The average Bonchev–Trinajstić information content (AvgIpc) is 2.38. The van der Waals surface area contributed by atoms with E-state index in [1.165, 1.54) is 12.1 Å². The van der Waals surface area contributed by atoms with Gasteiger partial charge in [0.05, 0.1) is 11.6 Å². The largest absolute Gasteiger partial charge is 0.444 e. The molecular formula is C17H23F3N2O2. The van der Waals surface area contributed by atoms with Crippen molar-refractivity contribution in [2.45, 2.75) is 45.0 Å². The number of alkyl halides is 3. The van der Waals surface area contributed by atoms with E-state index in [0.717, 1.165) is 31.6 Å². The Hall–Kier alpha value is -1.76. The first-order valence-electron chi connectivity index (χ1n) is 7.93. The SMILES string of the molecule is CC(C)(C)OC(=O)N[C@H](CN1CCC1)c1ccc(C(F)(F)F)cc1. The third-order valence-corrected chi connectivity index (χ3v) is 3.72.